The molecule has 2 aromatic rings. The number of thiophene rings is 1. The number of rotatable bonds is 0. The van der Waals surface area contributed by atoms with Crippen LogP contribution in [0.4, 0.5) is 0 Å². The zero-order valence-corrected chi connectivity index (χ0v) is 5.48. The van der Waals surface area contributed by atoms with E-state index >= 15 is 0 Å². The molecule has 2 aromatic heterocycles. The van der Waals surface area contributed by atoms with Crippen LogP contribution in [0.1, 0.15) is 0 Å². The van der Waals surface area contributed by atoms with Crippen LogP contribution in [-0.2, 0) is 0 Å². The third kappa shape index (κ3) is 0.715. The van der Waals surface area contributed by atoms with Crippen molar-refractivity contribution < 1.29 is 0 Å². The van der Waals surface area contributed by atoms with Crippen molar-refractivity contribution in [2.24, 2.45) is 0 Å². The largest absolute Gasteiger partial charge is 0.245 e. The van der Waals surface area contributed by atoms with Crippen LogP contribution < -0.4 is 0 Å². The Balaban J connectivity index is 2.95. The Morgan fingerprint density at radius 1 is 1.56 bits per heavy atom. The zero-order chi connectivity index (χ0) is 6.10. The van der Waals surface area contributed by atoms with Gasteiger partial charge < -0.3 is 0 Å². The van der Waals surface area contributed by atoms with E-state index in [2.05, 4.69) is 11.1 Å². The topological polar surface area (TPSA) is 12.9 Å². The van der Waals surface area contributed by atoms with Gasteiger partial charge in [0.1, 0.15) is 4.83 Å². The quantitative estimate of drug-likeness (QED) is 0.537. The van der Waals surface area contributed by atoms with Gasteiger partial charge in [0.15, 0.2) is 0 Å². The minimum absolute atomic E-state index is 1.07. The number of hydrogen-bond donors (Lipinski definition) is 0. The lowest BCUT2D eigenvalue weighted by atomic mass is 10.4. The molecule has 0 N–H and O–H groups in total. The molecule has 0 atom stereocenters. The molecule has 0 aliphatic heterocycles. The summed E-state index contributed by atoms with van der Waals surface area (Å²) in [6.07, 6.45) is 1.76. The van der Waals surface area contributed by atoms with Gasteiger partial charge in [-0.2, -0.15) is 0 Å². The molecule has 2 rings (SSSR count). The minimum atomic E-state index is 1.07. The summed E-state index contributed by atoms with van der Waals surface area (Å²) >= 11 is 1.64. The third-order valence-electron chi connectivity index (χ3n) is 1.15. The fraction of sp³-hybridized carbons (Fsp3) is 0. The summed E-state index contributed by atoms with van der Waals surface area (Å²) < 4.78 is 0. The van der Waals surface area contributed by atoms with Crippen LogP contribution >= 0.6 is 11.3 Å². The van der Waals surface area contributed by atoms with Crippen molar-refractivity contribution in [2.75, 3.05) is 0 Å². The van der Waals surface area contributed by atoms with Crippen LogP contribution in [0.25, 0.3) is 10.2 Å². The molecule has 0 spiro atoms. The second-order valence-electron chi connectivity index (χ2n) is 1.73. The smallest absolute Gasteiger partial charge is 0.123 e. The molecule has 0 aromatic carbocycles. The van der Waals surface area contributed by atoms with Gasteiger partial charge in [-0.1, -0.05) is 0 Å². The van der Waals surface area contributed by atoms with E-state index in [0.717, 1.165) is 10.2 Å². The van der Waals surface area contributed by atoms with Crippen LogP contribution in [0, 0.1) is 6.07 Å². The lowest BCUT2D eigenvalue weighted by molar-refractivity contribution is 1.44. The Morgan fingerprint density at radius 3 is 3.44 bits per heavy atom. The molecule has 43 valence electrons. The molecular formula is C7H4NS. The van der Waals surface area contributed by atoms with Gasteiger partial charge in [-0.05, 0) is 23.6 Å². The Morgan fingerprint density at radius 2 is 2.56 bits per heavy atom. The molecule has 0 aliphatic carbocycles. The van der Waals surface area contributed by atoms with Crippen LogP contribution in [0.2, 0.25) is 0 Å². The Hall–Kier alpha value is -0.890. The first-order valence-corrected chi connectivity index (χ1v) is 3.55. The molecule has 0 unspecified atom stereocenters. The molecule has 0 bridgehead atoms. The number of fused-ring (bicyclic) bond motifs is 1. The molecule has 0 saturated carbocycles. The van der Waals surface area contributed by atoms with E-state index in [0.29, 0.717) is 0 Å². The number of hydrogen-bond acceptors (Lipinski definition) is 2. The van der Waals surface area contributed by atoms with Crippen molar-refractivity contribution in [3.05, 3.63) is 29.8 Å². The number of aromatic nitrogens is 1. The van der Waals surface area contributed by atoms with E-state index in [1.807, 2.05) is 17.5 Å². The summed E-state index contributed by atoms with van der Waals surface area (Å²) in [5.41, 5.74) is 0. The summed E-state index contributed by atoms with van der Waals surface area (Å²) in [7, 11) is 0. The second-order valence-corrected chi connectivity index (χ2v) is 2.62. The molecule has 2 heteroatoms. The van der Waals surface area contributed by atoms with Crippen LogP contribution in [0.3, 0.4) is 0 Å². The standard InChI is InChI=1S/C7H4NS/c1-2-6-3-5-9-7(6)8-4-1/h1,3-5H. The highest BCUT2D eigenvalue weighted by Gasteiger charge is 1.90. The third-order valence-corrected chi connectivity index (χ3v) is 1.97. The van der Waals surface area contributed by atoms with Gasteiger partial charge in [-0.25, -0.2) is 4.98 Å². The predicted molar refractivity (Wildman–Crippen MR) is 38.5 cm³/mol. The highest BCUT2D eigenvalue weighted by Crippen LogP contribution is 2.15. The van der Waals surface area contributed by atoms with Crippen LogP contribution in [0.5, 0.6) is 0 Å². The maximum Gasteiger partial charge on any atom is 0.123 e. The van der Waals surface area contributed by atoms with Gasteiger partial charge in [-0.15, -0.1) is 11.3 Å². The lowest BCUT2D eigenvalue weighted by Crippen LogP contribution is -1.65. The lowest BCUT2D eigenvalue weighted by Gasteiger charge is -1.80. The monoisotopic (exact) mass is 134 g/mol. The number of pyridine rings is 1. The van der Waals surface area contributed by atoms with E-state index in [-0.39, 0.29) is 0 Å². The molecule has 0 aliphatic rings. The molecule has 2 heterocycles. The highest BCUT2D eigenvalue weighted by atomic mass is 32.1. The molecule has 0 saturated heterocycles. The zero-order valence-electron chi connectivity index (χ0n) is 4.66. The van der Waals surface area contributed by atoms with Crippen molar-refractivity contribution in [1.29, 1.82) is 0 Å². The number of nitrogens with zero attached hydrogens (tertiary/aromatic N) is 1. The Labute approximate surface area is 57.0 Å². The normalized spacial score (nSPS) is 10.2. The van der Waals surface area contributed by atoms with Crippen LogP contribution in [0.15, 0.2) is 23.7 Å². The molecule has 1 radical (unpaired) electrons. The maximum absolute atomic E-state index is 4.13. The van der Waals surface area contributed by atoms with Gasteiger partial charge in [0.2, 0.25) is 0 Å². The summed E-state index contributed by atoms with van der Waals surface area (Å²) in [6, 6.07) is 6.93. The van der Waals surface area contributed by atoms with E-state index in [4.69, 9.17) is 0 Å². The Bertz CT molecular complexity index is 283. The summed E-state index contributed by atoms with van der Waals surface area (Å²) in [4.78, 5) is 5.20. The molecule has 1 nitrogen and oxygen atoms in total. The van der Waals surface area contributed by atoms with Gasteiger partial charge in [0.05, 0.1) is 0 Å². The first-order valence-electron chi connectivity index (χ1n) is 2.67. The van der Waals surface area contributed by atoms with E-state index < -0.39 is 0 Å². The summed E-state index contributed by atoms with van der Waals surface area (Å²) in [6.45, 7) is 0. The van der Waals surface area contributed by atoms with E-state index in [1.165, 1.54) is 0 Å². The molecule has 9 heavy (non-hydrogen) atoms. The van der Waals surface area contributed by atoms with Gasteiger partial charge >= 0.3 is 0 Å². The van der Waals surface area contributed by atoms with Gasteiger partial charge in [0.25, 0.3) is 0 Å². The highest BCUT2D eigenvalue weighted by molar-refractivity contribution is 7.16. The second kappa shape index (κ2) is 1.81. The first-order chi connectivity index (χ1) is 4.47. The van der Waals surface area contributed by atoms with Crippen LogP contribution in [-0.4, -0.2) is 4.98 Å². The SMILES string of the molecule is [c]1ccnc2sccc12. The van der Waals surface area contributed by atoms with E-state index in [1.54, 1.807) is 17.5 Å². The van der Waals surface area contributed by atoms with Crippen molar-refractivity contribution in [3.63, 3.8) is 0 Å². The Kier molecular flexibility index (Phi) is 0.993. The first kappa shape index (κ1) is 4.94. The summed E-state index contributed by atoms with van der Waals surface area (Å²) in [5.74, 6) is 0. The van der Waals surface area contributed by atoms with Crippen molar-refractivity contribution >= 4 is 21.6 Å². The fourth-order valence-electron chi connectivity index (χ4n) is 0.743. The van der Waals surface area contributed by atoms with Gasteiger partial charge in [0, 0.05) is 11.6 Å². The predicted octanol–water partition coefficient (Wildman–Crippen LogP) is 2.10. The van der Waals surface area contributed by atoms with Crippen molar-refractivity contribution in [1.82, 2.24) is 4.98 Å². The van der Waals surface area contributed by atoms with E-state index in [9.17, 15) is 0 Å². The van der Waals surface area contributed by atoms with Crippen molar-refractivity contribution in [3.8, 4) is 0 Å². The molecular weight excluding hydrogens is 130 g/mol. The minimum Gasteiger partial charge on any atom is -0.245 e. The molecule has 0 amide bonds. The average molecular weight is 134 g/mol. The fourth-order valence-corrected chi connectivity index (χ4v) is 1.45. The average Bonchev–Trinajstić information content (AvgIpc) is 2.33. The molecule has 0 fully saturated rings. The maximum atomic E-state index is 4.13. The van der Waals surface area contributed by atoms with Gasteiger partial charge in [-0.3, -0.25) is 0 Å². The van der Waals surface area contributed by atoms with Crippen molar-refractivity contribution in [2.45, 2.75) is 0 Å². The summed E-state index contributed by atoms with van der Waals surface area (Å²) in [5, 5.41) is 3.14.